The van der Waals surface area contributed by atoms with E-state index in [0.29, 0.717) is 30.3 Å². The molecule has 0 aromatic heterocycles. The number of ether oxygens (including phenoxy) is 1. The first-order valence-electron chi connectivity index (χ1n) is 8.64. The average molecular weight is 445 g/mol. The van der Waals surface area contributed by atoms with Crippen molar-refractivity contribution in [3.8, 4) is 0 Å². The molecule has 2 rings (SSSR count). The molecular formula is C18H29Cl3FN3O2. The van der Waals surface area contributed by atoms with Gasteiger partial charge >= 0.3 is 0 Å². The van der Waals surface area contributed by atoms with Gasteiger partial charge in [-0.1, -0.05) is 24.6 Å². The van der Waals surface area contributed by atoms with Gasteiger partial charge in [-0.25, -0.2) is 4.39 Å². The van der Waals surface area contributed by atoms with Crippen LogP contribution in [-0.4, -0.2) is 49.2 Å². The number of hydrogen-bond donors (Lipinski definition) is 2. The number of amides is 1. The van der Waals surface area contributed by atoms with Gasteiger partial charge in [-0.15, -0.1) is 24.8 Å². The first-order chi connectivity index (χ1) is 11.8. The Hall–Kier alpha value is -0.630. The van der Waals surface area contributed by atoms with Gasteiger partial charge < -0.3 is 15.8 Å². The largest absolute Gasteiger partial charge is 0.376 e. The minimum Gasteiger partial charge on any atom is -0.376 e. The first kappa shape index (κ1) is 26.4. The fourth-order valence-electron chi connectivity index (χ4n) is 2.97. The lowest BCUT2D eigenvalue weighted by Crippen LogP contribution is -2.48. The lowest BCUT2D eigenvalue weighted by Gasteiger charge is -2.38. The second-order valence-electron chi connectivity index (χ2n) is 6.72. The molecule has 0 radical (unpaired) electrons. The first-order valence-corrected chi connectivity index (χ1v) is 9.02. The van der Waals surface area contributed by atoms with Gasteiger partial charge in [0.25, 0.3) is 0 Å². The van der Waals surface area contributed by atoms with Gasteiger partial charge in [0.05, 0.1) is 18.8 Å². The van der Waals surface area contributed by atoms with E-state index < -0.39 is 0 Å². The molecule has 1 amide bonds. The lowest BCUT2D eigenvalue weighted by atomic mass is 10.0. The van der Waals surface area contributed by atoms with Crippen molar-refractivity contribution in [1.82, 2.24) is 10.2 Å². The van der Waals surface area contributed by atoms with Crippen LogP contribution in [0.25, 0.3) is 0 Å². The molecule has 0 saturated carbocycles. The summed E-state index contributed by atoms with van der Waals surface area (Å²) in [7, 11) is 0. The third-order valence-corrected chi connectivity index (χ3v) is 5.05. The van der Waals surface area contributed by atoms with Crippen LogP contribution in [0.15, 0.2) is 18.2 Å². The number of morpholine rings is 1. The van der Waals surface area contributed by atoms with Gasteiger partial charge in [-0.2, -0.15) is 0 Å². The topological polar surface area (TPSA) is 67.6 Å². The number of nitrogens with one attached hydrogen (secondary N) is 1. The molecule has 9 heteroatoms. The van der Waals surface area contributed by atoms with Gasteiger partial charge in [-0.3, -0.25) is 9.69 Å². The minimum absolute atomic E-state index is 0. The Morgan fingerprint density at radius 1 is 1.44 bits per heavy atom. The number of nitrogens with two attached hydrogens (primary N) is 1. The number of benzene rings is 1. The molecule has 1 aromatic carbocycles. The van der Waals surface area contributed by atoms with Crippen LogP contribution in [0, 0.1) is 11.7 Å². The molecule has 3 N–H and O–H groups in total. The Bertz CT molecular complexity index is 587. The van der Waals surface area contributed by atoms with Crippen LogP contribution in [0.3, 0.4) is 0 Å². The van der Waals surface area contributed by atoms with Crippen LogP contribution in [0.4, 0.5) is 4.39 Å². The molecular weight excluding hydrogens is 416 g/mol. The highest BCUT2D eigenvalue weighted by atomic mass is 35.5. The number of halogens is 4. The van der Waals surface area contributed by atoms with Crippen molar-refractivity contribution in [3.05, 3.63) is 34.6 Å². The van der Waals surface area contributed by atoms with Gasteiger partial charge in [0.1, 0.15) is 5.82 Å². The third-order valence-electron chi connectivity index (χ3n) is 4.72. The van der Waals surface area contributed by atoms with Crippen molar-refractivity contribution in [3.63, 3.8) is 0 Å². The second-order valence-corrected chi connectivity index (χ2v) is 7.13. The summed E-state index contributed by atoms with van der Waals surface area (Å²) in [5.74, 6) is -0.833. The third kappa shape index (κ3) is 7.04. The van der Waals surface area contributed by atoms with Crippen molar-refractivity contribution in [1.29, 1.82) is 0 Å². The molecule has 1 heterocycles. The molecule has 1 saturated heterocycles. The van der Waals surface area contributed by atoms with Crippen molar-refractivity contribution in [2.24, 2.45) is 11.7 Å². The summed E-state index contributed by atoms with van der Waals surface area (Å²) in [6, 6.07) is 4.04. The molecule has 156 valence electrons. The molecule has 27 heavy (non-hydrogen) atoms. The van der Waals surface area contributed by atoms with Crippen LogP contribution >= 0.6 is 36.4 Å². The standard InChI is InChI=1S/C18H27ClFN3O2.2ClH/c1-11-10-23(7-8-25-11)16(9-22-18(24)12(2)13(3)21)17-14(19)5-4-6-15(17)20;;/h4-6,11-13,16H,7-10,21H2,1-3H3,(H,22,24);2*1H. The summed E-state index contributed by atoms with van der Waals surface area (Å²) in [4.78, 5) is 14.4. The van der Waals surface area contributed by atoms with Crippen LogP contribution in [-0.2, 0) is 9.53 Å². The van der Waals surface area contributed by atoms with Crippen molar-refractivity contribution in [2.75, 3.05) is 26.2 Å². The van der Waals surface area contributed by atoms with Crippen LogP contribution in [0.2, 0.25) is 5.02 Å². The van der Waals surface area contributed by atoms with Gasteiger partial charge in [-0.05, 0) is 26.0 Å². The van der Waals surface area contributed by atoms with Crippen molar-refractivity contribution in [2.45, 2.75) is 39.0 Å². The predicted octanol–water partition coefficient (Wildman–Crippen LogP) is 3.18. The maximum atomic E-state index is 14.5. The summed E-state index contributed by atoms with van der Waals surface area (Å²) in [5.41, 5.74) is 6.20. The molecule has 0 bridgehead atoms. The molecule has 1 aliphatic rings. The number of rotatable bonds is 6. The zero-order valence-electron chi connectivity index (χ0n) is 15.8. The summed E-state index contributed by atoms with van der Waals surface area (Å²) >= 11 is 6.28. The van der Waals surface area contributed by atoms with Crippen molar-refractivity contribution < 1.29 is 13.9 Å². The van der Waals surface area contributed by atoms with E-state index in [-0.39, 0.29) is 67.2 Å². The summed E-state index contributed by atoms with van der Waals surface area (Å²) < 4.78 is 20.1. The summed E-state index contributed by atoms with van der Waals surface area (Å²) in [5, 5.41) is 3.26. The van der Waals surface area contributed by atoms with E-state index in [1.54, 1.807) is 26.0 Å². The van der Waals surface area contributed by atoms with Crippen LogP contribution in [0.1, 0.15) is 32.4 Å². The van der Waals surface area contributed by atoms with E-state index in [4.69, 9.17) is 22.1 Å². The molecule has 1 fully saturated rings. The fourth-order valence-corrected chi connectivity index (χ4v) is 3.26. The molecule has 0 aliphatic carbocycles. The highest BCUT2D eigenvalue weighted by Gasteiger charge is 2.30. The molecule has 5 nitrogen and oxygen atoms in total. The van der Waals surface area contributed by atoms with E-state index in [1.165, 1.54) is 6.07 Å². The Balaban J connectivity index is 0.00000338. The Kier molecular flexibility index (Phi) is 11.8. The highest BCUT2D eigenvalue weighted by Crippen LogP contribution is 2.31. The average Bonchev–Trinajstić information content (AvgIpc) is 2.56. The van der Waals surface area contributed by atoms with Crippen LogP contribution in [0.5, 0.6) is 0 Å². The van der Waals surface area contributed by atoms with Gasteiger partial charge in [0.2, 0.25) is 5.91 Å². The van der Waals surface area contributed by atoms with E-state index in [2.05, 4.69) is 10.2 Å². The number of hydrogen-bond acceptors (Lipinski definition) is 4. The molecule has 1 aliphatic heterocycles. The number of nitrogens with zero attached hydrogens (tertiary/aromatic N) is 1. The summed E-state index contributed by atoms with van der Waals surface area (Å²) in [6.45, 7) is 7.67. The van der Waals surface area contributed by atoms with Crippen molar-refractivity contribution >= 4 is 42.3 Å². The molecule has 0 spiro atoms. The zero-order valence-corrected chi connectivity index (χ0v) is 18.2. The number of carbonyl (C=O) groups excluding carboxylic acids is 1. The minimum atomic E-state index is -0.369. The Labute approximate surface area is 178 Å². The quantitative estimate of drug-likeness (QED) is 0.707. The fraction of sp³-hybridized carbons (Fsp3) is 0.611. The van der Waals surface area contributed by atoms with Crippen LogP contribution < -0.4 is 11.1 Å². The molecule has 4 unspecified atom stereocenters. The molecule has 1 aromatic rings. The van der Waals surface area contributed by atoms with E-state index in [0.717, 1.165) is 0 Å². The second kappa shape index (κ2) is 12.0. The predicted molar refractivity (Wildman–Crippen MR) is 111 cm³/mol. The smallest absolute Gasteiger partial charge is 0.224 e. The SMILES string of the molecule is CC1CN(C(CNC(=O)C(C)C(C)N)c2c(F)cccc2Cl)CCO1.Cl.Cl. The van der Waals surface area contributed by atoms with Gasteiger partial charge in [0, 0.05) is 42.2 Å². The summed E-state index contributed by atoms with van der Waals surface area (Å²) in [6.07, 6.45) is 0.0421. The Morgan fingerprint density at radius 3 is 2.67 bits per heavy atom. The maximum Gasteiger partial charge on any atom is 0.224 e. The van der Waals surface area contributed by atoms with E-state index in [1.807, 2.05) is 6.92 Å². The lowest BCUT2D eigenvalue weighted by molar-refractivity contribution is -0.125. The highest BCUT2D eigenvalue weighted by molar-refractivity contribution is 6.31. The van der Waals surface area contributed by atoms with E-state index >= 15 is 0 Å². The van der Waals surface area contributed by atoms with E-state index in [9.17, 15) is 9.18 Å². The normalized spacial score (nSPS) is 20.6. The monoisotopic (exact) mass is 443 g/mol. The zero-order chi connectivity index (χ0) is 18.6. The number of carbonyl (C=O) groups is 1. The Morgan fingerprint density at radius 2 is 2.11 bits per heavy atom. The van der Waals surface area contributed by atoms with Gasteiger partial charge in [0.15, 0.2) is 0 Å². The molecule has 4 atom stereocenters. The maximum absolute atomic E-state index is 14.5.